The van der Waals surface area contributed by atoms with Gasteiger partial charge in [0.05, 0.1) is 18.4 Å². The van der Waals surface area contributed by atoms with Crippen molar-refractivity contribution in [1.29, 1.82) is 0 Å². The maximum absolute atomic E-state index is 13.2. The number of nitrogens with zero attached hydrogens (tertiary/aromatic N) is 1. The Labute approximate surface area is 109 Å². The molecule has 98 valence electrons. The zero-order chi connectivity index (χ0) is 13.5. The number of aromatic nitrogens is 1. The lowest BCUT2D eigenvalue weighted by Gasteiger charge is -2.06. The molecule has 2 rings (SSSR count). The number of rotatable bonds is 4. The van der Waals surface area contributed by atoms with E-state index in [9.17, 15) is 4.39 Å². The Hall–Kier alpha value is -2.32. The Kier molecular flexibility index (Phi) is 4.54. The molecule has 0 saturated carbocycles. The first-order valence-corrected chi connectivity index (χ1v) is 5.70. The van der Waals surface area contributed by atoms with Gasteiger partial charge in [0.1, 0.15) is 24.4 Å². The van der Waals surface area contributed by atoms with Crippen LogP contribution in [0.2, 0.25) is 0 Å². The number of benzene rings is 1. The minimum absolute atomic E-state index is 0.00886. The third-order valence-electron chi connectivity index (χ3n) is 2.28. The van der Waals surface area contributed by atoms with Crippen molar-refractivity contribution in [3.05, 3.63) is 47.6 Å². The molecule has 0 amide bonds. The van der Waals surface area contributed by atoms with Crippen molar-refractivity contribution in [2.45, 2.75) is 13.0 Å². The fourth-order valence-electron chi connectivity index (χ4n) is 1.39. The molecule has 0 radical (unpaired) electrons. The maximum Gasteiger partial charge on any atom is 0.138 e. The van der Waals surface area contributed by atoms with Gasteiger partial charge in [0, 0.05) is 18.1 Å². The molecule has 0 atom stereocenters. The van der Waals surface area contributed by atoms with Crippen LogP contribution in [0.15, 0.2) is 35.2 Å². The summed E-state index contributed by atoms with van der Waals surface area (Å²) in [5.74, 6) is 5.56. The van der Waals surface area contributed by atoms with Gasteiger partial charge in [-0.3, -0.25) is 0 Å². The van der Waals surface area contributed by atoms with E-state index in [1.54, 1.807) is 6.07 Å². The summed E-state index contributed by atoms with van der Waals surface area (Å²) >= 11 is 0. The van der Waals surface area contributed by atoms with Crippen molar-refractivity contribution >= 4 is 0 Å². The smallest absolute Gasteiger partial charge is 0.138 e. The Morgan fingerprint density at radius 1 is 1.42 bits per heavy atom. The van der Waals surface area contributed by atoms with E-state index in [-0.39, 0.29) is 13.2 Å². The summed E-state index contributed by atoms with van der Waals surface area (Å²) in [6.07, 6.45) is 3.34. The van der Waals surface area contributed by atoms with Gasteiger partial charge in [-0.25, -0.2) is 4.39 Å². The number of ether oxygens (including phenoxy) is 1. The number of aliphatic hydroxyl groups is 1. The SMILES string of the molecule is OCCC#Cc1ccc(F)cc1OCc1cnoc1. The molecular formula is C14H12FNO3. The molecule has 0 aliphatic carbocycles. The second kappa shape index (κ2) is 6.57. The maximum atomic E-state index is 13.2. The highest BCUT2D eigenvalue weighted by Crippen LogP contribution is 2.20. The average Bonchev–Trinajstić information content (AvgIpc) is 2.92. The van der Waals surface area contributed by atoms with E-state index in [0.29, 0.717) is 17.7 Å². The van der Waals surface area contributed by atoms with Gasteiger partial charge >= 0.3 is 0 Å². The third-order valence-corrected chi connectivity index (χ3v) is 2.28. The fourth-order valence-corrected chi connectivity index (χ4v) is 1.39. The molecule has 1 aromatic heterocycles. The Bertz CT molecular complexity index is 584. The number of hydrogen-bond acceptors (Lipinski definition) is 4. The molecule has 0 unspecified atom stereocenters. The second-order valence-electron chi connectivity index (χ2n) is 3.74. The van der Waals surface area contributed by atoms with Gasteiger partial charge in [-0.05, 0) is 12.1 Å². The molecule has 2 aromatic rings. The molecule has 1 N–H and O–H groups in total. The largest absolute Gasteiger partial charge is 0.487 e. The highest BCUT2D eigenvalue weighted by Gasteiger charge is 2.05. The van der Waals surface area contributed by atoms with Gasteiger partial charge in [0.2, 0.25) is 0 Å². The van der Waals surface area contributed by atoms with Crippen LogP contribution in [-0.2, 0) is 6.61 Å². The minimum Gasteiger partial charge on any atom is -0.487 e. The lowest BCUT2D eigenvalue weighted by atomic mass is 10.2. The highest BCUT2D eigenvalue weighted by atomic mass is 19.1. The van der Waals surface area contributed by atoms with Crippen LogP contribution in [0, 0.1) is 17.7 Å². The average molecular weight is 261 g/mol. The second-order valence-corrected chi connectivity index (χ2v) is 3.74. The molecule has 4 nitrogen and oxygen atoms in total. The van der Waals surface area contributed by atoms with Gasteiger partial charge in [0.25, 0.3) is 0 Å². The molecule has 19 heavy (non-hydrogen) atoms. The fraction of sp³-hybridized carbons (Fsp3) is 0.214. The number of hydrogen-bond donors (Lipinski definition) is 1. The lowest BCUT2D eigenvalue weighted by molar-refractivity contribution is 0.301. The van der Waals surface area contributed by atoms with Crippen LogP contribution in [-0.4, -0.2) is 16.9 Å². The number of aliphatic hydroxyl groups excluding tert-OH is 1. The third kappa shape index (κ3) is 3.83. The Morgan fingerprint density at radius 2 is 2.32 bits per heavy atom. The summed E-state index contributed by atoms with van der Waals surface area (Å²) in [6.45, 7) is 0.215. The first kappa shape index (κ1) is 13.1. The molecule has 0 fully saturated rings. The van der Waals surface area contributed by atoms with Crippen LogP contribution in [0.25, 0.3) is 0 Å². The normalized spacial score (nSPS) is 9.79. The van der Waals surface area contributed by atoms with E-state index in [0.717, 1.165) is 5.56 Å². The Morgan fingerprint density at radius 3 is 3.05 bits per heavy atom. The summed E-state index contributed by atoms with van der Waals surface area (Å²) in [4.78, 5) is 0. The summed E-state index contributed by atoms with van der Waals surface area (Å²) < 4.78 is 23.4. The lowest BCUT2D eigenvalue weighted by Crippen LogP contribution is -1.97. The zero-order valence-corrected chi connectivity index (χ0v) is 10.1. The molecular weight excluding hydrogens is 249 g/mol. The van der Waals surface area contributed by atoms with Gasteiger partial charge in [0.15, 0.2) is 0 Å². The van der Waals surface area contributed by atoms with Gasteiger partial charge in [-0.15, -0.1) is 0 Å². The first-order valence-electron chi connectivity index (χ1n) is 5.70. The quantitative estimate of drug-likeness (QED) is 0.856. The van der Waals surface area contributed by atoms with Gasteiger partial charge in [-0.2, -0.15) is 0 Å². The van der Waals surface area contributed by atoms with E-state index in [1.165, 1.54) is 24.6 Å². The number of halogens is 1. The van der Waals surface area contributed by atoms with Crippen molar-refractivity contribution in [2.75, 3.05) is 6.61 Å². The predicted octanol–water partition coefficient (Wildman–Crippen LogP) is 2.13. The molecule has 0 aliphatic heterocycles. The molecule has 0 saturated heterocycles. The van der Waals surface area contributed by atoms with Crippen LogP contribution in [0.5, 0.6) is 5.75 Å². The molecule has 0 spiro atoms. The Balaban J connectivity index is 2.13. The van der Waals surface area contributed by atoms with E-state index >= 15 is 0 Å². The van der Waals surface area contributed by atoms with Crippen molar-refractivity contribution < 1.29 is 18.8 Å². The molecule has 5 heteroatoms. The van der Waals surface area contributed by atoms with E-state index in [1.807, 2.05) is 0 Å². The molecule has 0 bridgehead atoms. The molecule has 1 aromatic carbocycles. The van der Waals surface area contributed by atoms with Crippen molar-refractivity contribution in [3.63, 3.8) is 0 Å². The highest BCUT2D eigenvalue weighted by molar-refractivity contribution is 5.46. The van der Waals surface area contributed by atoms with E-state index < -0.39 is 5.82 Å². The van der Waals surface area contributed by atoms with Crippen LogP contribution in [0.1, 0.15) is 17.5 Å². The van der Waals surface area contributed by atoms with Crippen LogP contribution in [0.4, 0.5) is 4.39 Å². The zero-order valence-electron chi connectivity index (χ0n) is 10.1. The topological polar surface area (TPSA) is 55.5 Å². The van der Waals surface area contributed by atoms with Gasteiger partial charge in [-0.1, -0.05) is 17.0 Å². The summed E-state index contributed by atoms with van der Waals surface area (Å²) in [5, 5.41) is 12.2. The molecule has 1 heterocycles. The van der Waals surface area contributed by atoms with Crippen molar-refractivity contribution in [2.24, 2.45) is 0 Å². The van der Waals surface area contributed by atoms with Crippen molar-refractivity contribution in [1.82, 2.24) is 5.16 Å². The van der Waals surface area contributed by atoms with E-state index in [2.05, 4.69) is 21.5 Å². The van der Waals surface area contributed by atoms with Crippen LogP contribution < -0.4 is 4.74 Å². The first-order chi connectivity index (χ1) is 9.29. The summed E-state index contributed by atoms with van der Waals surface area (Å²) in [5.41, 5.74) is 1.32. The monoisotopic (exact) mass is 261 g/mol. The van der Waals surface area contributed by atoms with Gasteiger partial charge < -0.3 is 14.4 Å². The summed E-state index contributed by atoms with van der Waals surface area (Å²) in [7, 11) is 0. The van der Waals surface area contributed by atoms with Crippen LogP contribution in [0.3, 0.4) is 0 Å². The van der Waals surface area contributed by atoms with E-state index in [4.69, 9.17) is 9.84 Å². The summed E-state index contributed by atoms with van der Waals surface area (Å²) in [6, 6.07) is 4.13. The standard InChI is InChI=1S/C14H12FNO3/c15-13-5-4-12(3-1-2-6-17)14(7-13)18-9-11-8-16-19-10-11/h4-5,7-8,10,17H,2,6,9H2. The minimum atomic E-state index is -0.395. The van der Waals surface area contributed by atoms with Crippen LogP contribution >= 0.6 is 0 Å². The van der Waals surface area contributed by atoms with Crippen molar-refractivity contribution in [3.8, 4) is 17.6 Å². The predicted molar refractivity (Wildman–Crippen MR) is 65.8 cm³/mol. The molecule has 0 aliphatic rings.